The van der Waals surface area contributed by atoms with Crippen molar-refractivity contribution in [2.75, 3.05) is 18.1 Å². The van der Waals surface area contributed by atoms with E-state index in [0.717, 1.165) is 22.4 Å². The summed E-state index contributed by atoms with van der Waals surface area (Å²) < 4.78 is 5.02. The molecule has 2 amide bonds. The van der Waals surface area contributed by atoms with Gasteiger partial charge in [-0.2, -0.15) is 0 Å². The molecule has 0 unspecified atom stereocenters. The summed E-state index contributed by atoms with van der Waals surface area (Å²) in [5.74, 6) is -0.575. The minimum absolute atomic E-state index is 0.269. The van der Waals surface area contributed by atoms with Crippen LogP contribution in [-0.2, 0) is 4.74 Å². The van der Waals surface area contributed by atoms with Crippen LogP contribution >= 0.6 is 11.6 Å². The van der Waals surface area contributed by atoms with E-state index in [1.807, 2.05) is 25.1 Å². The van der Waals surface area contributed by atoms with Crippen LogP contribution in [0.2, 0.25) is 5.02 Å². The highest BCUT2D eigenvalue weighted by molar-refractivity contribution is 6.34. The number of cyclic esters (lactones) is 1. The third-order valence-corrected chi connectivity index (χ3v) is 4.06. The minimum Gasteiger partial charge on any atom is -0.447 e. The Balaban J connectivity index is 2.12. The van der Waals surface area contributed by atoms with Crippen molar-refractivity contribution in [2.24, 2.45) is 5.73 Å². The predicted octanol–water partition coefficient (Wildman–Crippen LogP) is 3.37. The van der Waals surface area contributed by atoms with Gasteiger partial charge < -0.3 is 10.5 Å². The smallest absolute Gasteiger partial charge is 0.414 e. The molecule has 3 rings (SSSR count). The first-order valence-electron chi connectivity index (χ1n) is 7.12. The van der Waals surface area contributed by atoms with Crippen molar-refractivity contribution in [3.63, 3.8) is 0 Å². The average Bonchev–Trinajstić information content (AvgIpc) is 2.92. The first-order valence-corrected chi connectivity index (χ1v) is 7.50. The van der Waals surface area contributed by atoms with E-state index in [1.54, 1.807) is 23.1 Å². The predicted molar refractivity (Wildman–Crippen MR) is 88.8 cm³/mol. The quantitative estimate of drug-likeness (QED) is 0.937. The Morgan fingerprint density at radius 2 is 2.04 bits per heavy atom. The molecular formula is C17H15ClN2O3. The zero-order valence-electron chi connectivity index (χ0n) is 12.5. The van der Waals surface area contributed by atoms with Crippen LogP contribution in [0.25, 0.3) is 11.1 Å². The summed E-state index contributed by atoms with van der Waals surface area (Å²) in [6.45, 7) is 2.84. The van der Waals surface area contributed by atoms with E-state index in [4.69, 9.17) is 22.1 Å². The third-order valence-electron chi connectivity index (χ3n) is 3.75. The molecule has 0 aliphatic carbocycles. The number of ether oxygens (including phenoxy) is 1. The van der Waals surface area contributed by atoms with Crippen molar-refractivity contribution in [3.8, 4) is 11.1 Å². The molecule has 1 heterocycles. The number of amides is 2. The topological polar surface area (TPSA) is 72.6 Å². The van der Waals surface area contributed by atoms with Gasteiger partial charge in [0, 0.05) is 5.56 Å². The molecular weight excluding hydrogens is 316 g/mol. The van der Waals surface area contributed by atoms with Crippen molar-refractivity contribution in [1.29, 1.82) is 0 Å². The van der Waals surface area contributed by atoms with Gasteiger partial charge >= 0.3 is 6.09 Å². The Labute approximate surface area is 138 Å². The van der Waals surface area contributed by atoms with Gasteiger partial charge in [-0.05, 0) is 36.8 Å². The van der Waals surface area contributed by atoms with Gasteiger partial charge in [-0.15, -0.1) is 0 Å². The first kappa shape index (κ1) is 15.4. The number of hydrogen-bond acceptors (Lipinski definition) is 3. The Kier molecular flexibility index (Phi) is 3.96. The number of primary amides is 1. The van der Waals surface area contributed by atoms with Crippen LogP contribution in [0.15, 0.2) is 36.4 Å². The number of rotatable bonds is 3. The lowest BCUT2D eigenvalue weighted by molar-refractivity contribution is 0.100. The van der Waals surface area contributed by atoms with Gasteiger partial charge in [0.15, 0.2) is 0 Å². The summed E-state index contributed by atoms with van der Waals surface area (Å²) in [6, 6.07) is 10.8. The number of nitrogens with two attached hydrogens (primary N) is 1. The average molecular weight is 331 g/mol. The van der Waals surface area contributed by atoms with Crippen molar-refractivity contribution < 1.29 is 14.3 Å². The number of benzene rings is 2. The number of aryl methyl sites for hydroxylation is 1. The van der Waals surface area contributed by atoms with Gasteiger partial charge in [-0.1, -0.05) is 29.3 Å². The van der Waals surface area contributed by atoms with Crippen LogP contribution in [-0.4, -0.2) is 25.2 Å². The molecule has 0 saturated carbocycles. The molecule has 0 radical (unpaired) electrons. The fraction of sp³-hybridized carbons (Fsp3) is 0.176. The highest BCUT2D eigenvalue weighted by Gasteiger charge is 2.26. The Hall–Kier alpha value is -2.53. The van der Waals surface area contributed by atoms with Gasteiger partial charge in [-0.25, -0.2) is 4.79 Å². The first-order chi connectivity index (χ1) is 11.0. The van der Waals surface area contributed by atoms with Crippen LogP contribution < -0.4 is 10.6 Å². The molecule has 23 heavy (non-hydrogen) atoms. The summed E-state index contributed by atoms with van der Waals surface area (Å²) in [5.41, 5.74) is 9.00. The summed E-state index contributed by atoms with van der Waals surface area (Å²) in [5, 5.41) is 0.284. The lowest BCUT2D eigenvalue weighted by Crippen LogP contribution is -2.24. The van der Waals surface area contributed by atoms with E-state index in [0.29, 0.717) is 13.2 Å². The highest BCUT2D eigenvalue weighted by atomic mass is 35.5. The molecule has 0 spiro atoms. The van der Waals surface area contributed by atoms with Gasteiger partial charge in [-0.3, -0.25) is 9.69 Å². The van der Waals surface area contributed by atoms with Crippen molar-refractivity contribution in [2.45, 2.75) is 6.92 Å². The molecule has 0 bridgehead atoms. The Morgan fingerprint density at radius 3 is 2.65 bits per heavy atom. The zero-order valence-corrected chi connectivity index (χ0v) is 13.3. The monoisotopic (exact) mass is 330 g/mol. The van der Waals surface area contributed by atoms with Crippen LogP contribution in [0.4, 0.5) is 10.5 Å². The maximum absolute atomic E-state index is 11.9. The molecule has 0 aromatic heterocycles. The fourth-order valence-corrected chi connectivity index (χ4v) is 2.88. The second-order valence-corrected chi connectivity index (χ2v) is 5.75. The van der Waals surface area contributed by atoms with E-state index in [-0.39, 0.29) is 16.7 Å². The number of halogens is 1. The SMILES string of the molecule is Cc1ccc(N2CCOC2=O)c(-c2ccc(C(N)=O)c(Cl)c2)c1. The largest absolute Gasteiger partial charge is 0.447 e. The molecule has 2 aromatic carbocycles. The van der Waals surface area contributed by atoms with Gasteiger partial charge in [0.1, 0.15) is 6.61 Å². The van der Waals surface area contributed by atoms with E-state index < -0.39 is 5.91 Å². The molecule has 6 heteroatoms. The van der Waals surface area contributed by atoms with E-state index in [9.17, 15) is 9.59 Å². The molecule has 1 fully saturated rings. The Morgan fingerprint density at radius 1 is 1.26 bits per heavy atom. The number of anilines is 1. The van der Waals surface area contributed by atoms with Crippen LogP contribution in [0.3, 0.4) is 0 Å². The number of hydrogen-bond donors (Lipinski definition) is 1. The van der Waals surface area contributed by atoms with E-state index in [2.05, 4.69) is 0 Å². The minimum atomic E-state index is -0.575. The molecule has 2 aromatic rings. The second-order valence-electron chi connectivity index (χ2n) is 5.35. The number of carbonyl (C=O) groups excluding carboxylic acids is 2. The normalized spacial score (nSPS) is 14.0. The van der Waals surface area contributed by atoms with Crippen molar-refractivity contribution in [1.82, 2.24) is 0 Å². The number of carbonyl (C=O) groups is 2. The third kappa shape index (κ3) is 2.87. The van der Waals surface area contributed by atoms with Gasteiger partial charge in [0.2, 0.25) is 5.91 Å². The summed E-state index contributed by atoms with van der Waals surface area (Å²) >= 11 is 6.15. The van der Waals surface area contributed by atoms with E-state index >= 15 is 0 Å². The molecule has 1 aliphatic rings. The lowest BCUT2D eigenvalue weighted by Gasteiger charge is -2.18. The fourth-order valence-electron chi connectivity index (χ4n) is 2.61. The van der Waals surface area contributed by atoms with Crippen LogP contribution in [0.1, 0.15) is 15.9 Å². The lowest BCUT2D eigenvalue weighted by atomic mass is 9.99. The Bertz CT molecular complexity index is 804. The summed E-state index contributed by atoms with van der Waals surface area (Å²) in [7, 11) is 0. The van der Waals surface area contributed by atoms with Gasteiger partial charge in [0.25, 0.3) is 0 Å². The van der Waals surface area contributed by atoms with Crippen molar-refractivity contribution >= 4 is 29.3 Å². The zero-order chi connectivity index (χ0) is 16.6. The van der Waals surface area contributed by atoms with Crippen LogP contribution in [0.5, 0.6) is 0 Å². The van der Waals surface area contributed by atoms with Crippen LogP contribution in [0, 0.1) is 6.92 Å². The van der Waals surface area contributed by atoms with Crippen molar-refractivity contribution in [3.05, 3.63) is 52.5 Å². The standard InChI is InChI=1S/C17H15ClN2O3/c1-10-2-5-15(20-6-7-23-17(20)22)13(8-10)11-3-4-12(16(19)21)14(18)9-11/h2-5,8-9H,6-7H2,1H3,(H2,19,21). The number of nitrogens with zero attached hydrogens (tertiary/aromatic N) is 1. The summed E-state index contributed by atoms with van der Waals surface area (Å²) in [4.78, 5) is 24.8. The molecule has 0 atom stereocenters. The maximum atomic E-state index is 11.9. The highest BCUT2D eigenvalue weighted by Crippen LogP contribution is 2.35. The maximum Gasteiger partial charge on any atom is 0.414 e. The molecule has 118 valence electrons. The van der Waals surface area contributed by atoms with Gasteiger partial charge in [0.05, 0.1) is 22.8 Å². The molecule has 1 saturated heterocycles. The second kappa shape index (κ2) is 5.93. The van der Waals surface area contributed by atoms with E-state index in [1.165, 1.54) is 0 Å². The molecule has 1 aliphatic heterocycles. The summed E-state index contributed by atoms with van der Waals surface area (Å²) in [6.07, 6.45) is -0.366. The molecule has 2 N–H and O–H groups in total. The molecule has 5 nitrogen and oxygen atoms in total.